The highest BCUT2D eigenvalue weighted by molar-refractivity contribution is 6.42. The molecule has 0 bridgehead atoms. The minimum absolute atomic E-state index is 0.0491. The van der Waals surface area contributed by atoms with Gasteiger partial charge in [0.2, 0.25) is 11.8 Å². The van der Waals surface area contributed by atoms with Crippen LogP contribution < -0.4 is 4.74 Å². The first-order valence-electron chi connectivity index (χ1n) is 11.2. The van der Waals surface area contributed by atoms with Gasteiger partial charge in [0.15, 0.2) is 5.78 Å². The van der Waals surface area contributed by atoms with Crippen LogP contribution in [0.5, 0.6) is 5.75 Å². The number of benzene rings is 3. The standard InChI is InChI=1S/C27H20Cl2N2O6/c1-16-2-4-18(5-3-16)27(36)37-20-9-6-17(7-10-20)23(32)15-30(31-24(33)12-13-25(31)34)26(35)19-8-11-21(28)22(29)14-19/h2-11,14H,12-13,15H2,1H3. The highest BCUT2D eigenvalue weighted by Crippen LogP contribution is 2.25. The van der Waals surface area contributed by atoms with Gasteiger partial charge >= 0.3 is 5.97 Å². The maximum Gasteiger partial charge on any atom is 0.343 e. The highest BCUT2D eigenvalue weighted by atomic mass is 35.5. The van der Waals surface area contributed by atoms with Gasteiger partial charge < -0.3 is 4.74 Å². The van der Waals surface area contributed by atoms with Gasteiger partial charge in [0.1, 0.15) is 12.3 Å². The summed E-state index contributed by atoms with van der Waals surface area (Å²) >= 11 is 12.0. The zero-order valence-electron chi connectivity index (χ0n) is 19.6. The van der Waals surface area contributed by atoms with E-state index in [1.54, 1.807) is 24.3 Å². The normalized spacial score (nSPS) is 13.0. The van der Waals surface area contributed by atoms with E-state index in [2.05, 4.69) is 0 Å². The van der Waals surface area contributed by atoms with Crippen molar-refractivity contribution in [3.8, 4) is 5.75 Å². The number of imide groups is 1. The lowest BCUT2D eigenvalue weighted by molar-refractivity contribution is -0.152. The van der Waals surface area contributed by atoms with E-state index in [1.807, 2.05) is 6.92 Å². The summed E-state index contributed by atoms with van der Waals surface area (Å²) in [6, 6.07) is 16.7. The summed E-state index contributed by atoms with van der Waals surface area (Å²) in [7, 11) is 0. The molecule has 3 amide bonds. The average molecular weight is 539 g/mol. The predicted molar refractivity (Wildman–Crippen MR) is 135 cm³/mol. The van der Waals surface area contributed by atoms with Crippen LogP contribution in [0.25, 0.3) is 0 Å². The number of nitrogens with zero attached hydrogens (tertiary/aromatic N) is 2. The third kappa shape index (κ3) is 5.87. The van der Waals surface area contributed by atoms with Crippen molar-refractivity contribution in [2.45, 2.75) is 19.8 Å². The Morgan fingerprint density at radius 3 is 1.97 bits per heavy atom. The fourth-order valence-electron chi connectivity index (χ4n) is 3.64. The second kappa shape index (κ2) is 10.9. The van der Waals surface area contributed by atoms with E-state index in [0.29, 0.717) is 10.6 Å². The monoisotopic (exact) mass is 538 g/mol. The topological polar surface area (TPSA) is 101 Å². The molecule has 0 atom stereocenters. The molecule has 0 saturated carbocycles. The zero-order chi connectivity index (χ0) is 26.7. The maximum absolute atomic E-state index is 13.3. The summed E-state index contributed by atoms with van der Waals surface area (Å²) in [5.74, 6) is -2.83. The lowest BCUT2D eigenvalue weighted by Crippen LogP contribution is -2.51. The van der Waals surface area contributed by atoms with Crippen LogP contribution in [-0.4, -0.2) is 46.0 Å². The molecular weight excluding hydrogens is 519 g/mol. The van der Waals surface area contributed by atoms with Crippen molar-refractivity contribution in [1.82, 2.24) is 10.0 Å². The van der Waals surface area contributed by atoms with E-state index in [0.717, 1.165) is 10.6 Å². The van der Waals surface area contributed by atoms with Crippen molar-refractivity contribution >= 4 is 52.7 Å². The molecule has 37 heavy (non-hydrogen) atoms. The molecule has 4 rings (SSSR count). The molecule has 3 aromatic carbocycles. The van der Waals surface area contributed by atoms with Crippen LogP contribution in [0.1, 0.15) is 49.5 Å². The van der Waals surface area contributed by atoms with E-state index in [4.69, 9.17) is 27.9 Å². The first-order valence-corrected chi connectivity index (χ1v) is 11.9. The van der Waals surface area contributed by atoms with Gasteiger partial charge in [-0.1, -0.05) is 40.9 Å². The fourth-order valence-corrected chi connectivity index (χ4v) is 3.94. The number of rotatable bonds is 7. The number of hydrogen-bond acceptors (Lipinski definition) is 6. The lowest BCUT2D eigenvalue weighted by atomic mass is 10.1. The van der Waals surface area contributed by atoms with Crippen molar-refractivity contribution in [3.63, 3.8) is 0 Å². The second-order valence-electron chi connectivity index (χ2n) is 8.29. The summed E-state index contributed by atoms with van der Waals surface area (Å²) in [5.41, 5.74) is 1.61. The molecule has 1 heterocycles. The van der Waals surface area contributed by atoms with Gasteiger partial charge in [-0.25, -0.2) is 9.80 Å². The molecule has 8 nitrogen and oxygen atoms in total. The van der Waals surface area contributed by atoms with E-state index >= 15 is 0 Å². The third-order valence-electron chi connectivity index (χ3n) is 5.64. The number of ether oxygens (including phenoxy) is 1. The van der Waals surface area contributed by atoms with Crippen LogP contribution in [0.2, 0.25) is 10.0 Å². The van der Waals surface area contributed by atoms with E-state index < -0.39 is 36.0 Å². The molecule has 10 heteroatoms. The number of amides is 3. The van der Waals surface area contributed by atoms with E-state index in [-0.39, 0.29) is 39.8 Å². The molecule has 0 unspecified atom stereocenters. The average Bonchev–Trinajstić information content (AvgIpc) is 3.22. The summed E-state index contributed by atoms with van der Waals surface area (Å²) in [4.78, 5) is 63.4. The molecule has 1 aliphatic heterocycles. The van der Waals surface area contributed by atoms with Gasteiger partial charge in [-0.15, -0.1) is 0 Å². The maximum atomic E-state index is 13.3. The Morgan fingerprint density at radius 1 is 0.811 bits per heavy atom. The number of aryl methyl sites for hydroxylation is 1. The molecule has 1 fully saturated rings. The van der Waals surface area contributed by atoms with Crippen molar-refractivity contribution in [2.75, 3.05) is 6.54 Å². The molecule has 0 aliphatic carbocycles. The van der Waals surface area contributed by atoms with E-state index in [9.17, 15) is 24.0 Å². The quantitative estimate of drug-likeness (QED) is 0.183. The van der Waals surface area contributed by atoms with Crippen molar-refractivity contribution < 1.29 is 28.7 Å². The minimum atomic E-state index is -0.765. The molecule has 0 spiro atoms. The predicted octanol–water partition coefficient (Wildman–Crippen LogP) is 4.91. The van der Waals surface area contributed by atoms with Crippen LogP contribution >= 0.6 is 23.2 Å². The van der Waals surface area contributed by atoms with Crippen molar-refractivity contribution in [2.24, 2.45) is 0 Å². The number of halogens is 2. The van der Waals surface area contributed by atoms with Crippen LogP contribution in [0, 0.1) is 6.92 Å². The van der Waals surface area contributed by atoms with Crippen LogP contribution in [0.3, 0.4) is 0 Å². The molecule has 3 aromatic rings. The van der Waals surface area contributed by atoms with Gasteiger partial charge in [0.05, 0.1) is 15.6 Å². The molecule has 0 aromatic heterocycles. The van der Waals surface area contributed by atoms with Gasteiger partial charge in [-0.2, -0.15) is 5.01 Å². The largest absolute Gasteiger partial charge is 0.423 e. The summed E-state index contributed by atoms with van der Waals surface area (Å²) < 4.78 is 5.35. The third-order valence-corrected chi connectivity index (χ3v) is 6.37. The van der Waals surface area contributed by atoms with Crippen LogP contribution in [-0.2, 0) is 9.59 Å². The van der Waals surface area contributed by atoms with Crippen LogP contribution in [0.15, 0.2) is 66.7 Å². The summed E-state index contributed by atoms with van der Waals surface area (Å²) in [5, 5.41) is 1.83. The Bertz CT molecular complexity index is 1390. The first-order chi connectivity index (χ1) is 17.6. The minimum Gasteiger partial charge on any atom is -0.423 e. The number of carbonyl (C=O) groups is 5. The Labute approximate surface area is 222 Å². The summed E-state index contributed by atoms with van der Waals surface area (Å²) in [6.07, 6.45) is -0.140. The van der Waals surface area contributed by atoms with Crippen molar-refractivity contribution in [3.05, 3.63) is 99.0 Å². The van der Waals surface area contributed by atoms with Gasteiger partial charge in [-0.05, 0) is 61.5 Å². The number of Topliss-reactive ketones (excluding diaryl/α,β-unsaturated/α-hetero) is 1. The molecule has 0 N–H and O–H groups in total. The number of hydrogen-bond donors (Lipinski definition) is 0. The number of carbonyl (C=O) groups excluding carboxylic acids is 5. The molecule has 1 aliphatic rings. The lowest BCUT2D eigenvalue weighted by Gasteiger charge is -2.29. The number of hydrazine groups is 1. The van der Waals surface area contributed by atoms with Crippen LogP contribution in [0.4, 0.5) is 0 Å². The van der Waals surface area contributed by atoms with Gasteiger partial charge in [0, 0.05) is 24.0 Å². The Balaban J connectivity index is 1.52. The zero-order valence-corrected chi connectivity index (χ0v) is 21.1. The highest BCUT2D eigenvalue weighted by Gasteiger charge is 2.38. The fraction of sp³-hybridized carbons (Fsp3) is 0.148. The molecular formula is C27H20Cl2N2O6. The summed E-state index contributed by atoms with van der Waals surface area (Å²) in [6.45, 7) is 1.32. The number of ketones is 1. The molecule has 0 radical (unpaired) electrons. The molecule has 1 saturated heterocycles. The van der Waals surface area contributed by atoms with E-state index in [1.165, 1.54) is 42.5 Å². The Hall–Kier alpha value is -4.01. The Kier molecular flexibility index (Phi) is 7.71. The first kappa shape index (κ1) is 26.1. The van der Waals surface area contributed by atoms with Crippen molar-refractivity contribution in [1.29, 1.82) is 0 Å². The molecule has 188 valence electrons. The van der Waals surface area contributed by atoms with Gasteiger partial charge in [-0.3, -0.25) is 19.2 Å². The van der Waals surface area contributed by atoms with Gasteiger partial charge in [0.25, 0.3) is 5.91 Å². The second-order valence-corrected chi connectivity index (χ2v) is 9.11. The smallest absolute Gasteiger partial charge is 0.343 e. The number of esters is 1. The SMILES string of the molecule is Cc1ccc(C(=O)Oc2ccc(C(=O)CN(C(=O)c3ccc(Cl)c(Cl)c3)N3C(=O)CCC3=O)cc2)cc1. The Morgan fingerprint density at radius 2 is 1.38 bits per heavy atom.